The number of anilines is 1. The zero-order chi connectivity index (χ0) is 21.1. The Labute approximate surface area is 176 Å². The molecule has 0 radical (unpaired) electrons. The highest BCUT2D eigenvalue weighted by atomic mass is 16.2. The number of nitrogens with zero attached hydrogens (tertiary/aromatic N) is 3. The second kappa shape index (κ2) is 8.53. The maximum Gasteiger partial charge on any atom is 0.332 e. The maximum absolute atomic E-state index is 12.9. The number of benzene rings is 2. The molecule has 2 aromatic rings. The Morgan fingerprint density at radius 1 is 0.933 bits per heavy atom. The third kappa shape index (κ3) is 3.99. The Hall–Kier alpha value is -3.41. The number of carbonyl (C=O) groups is 3. The second-order valence-corrected chi connectivity index (χ2v) is 7.74. The number of piperidine rings is 1. The van der Waals surface area contributed by atoms with E-state index in [0.29, 0.717) is 37.2 Å². The molecule has 0 spiro atoms. The first-order valence-corrected chi connectivity index (χ1v) is 10.3. The molecule has 0 unspecified atom stereocenters. The maximum atomic E-state index is 12.9. The largest absolute Gasteiger partial charge is 0.339 e. The summed E-state index contributed by atoms with van der Waals surface area (Å²) < 4.78 is 0. The summed E-state index contributed by atoms with van der Waals surface area (Å²) in [6.45, 7) is 3.08. The quantitative estimate of drug-likeness (QED) is 0.579. The molecule has 30 heavy (non-hydrogen) atoms. The van der Waals surface area contributed by atoms with Gasteiger partial charge in [-0.05, 0) is 43.5 Å². The van der Waals surface area contributed by atoms with Gasteiger partial charge >= 0.3 is 6.03 Å². The second-order valence-electron chi connectivity index (χ2n) is 7.74. The number of hydrogen-bond acceptors (Lipinski definition) is 3. The number of rotatable bonds is 4. The van der Waals surface area contributed by atoms with Crippen molar-refractivity contribution in [1.29, 1.82) is 0 Å². The first kappa shape index (κ1) is 19.9. The first-order valence-electron chi connectivity index (χ1n) is 10.3. The minimum atomic E-state index is -0.267. The lowest BCUT2D eigenvalue weighted by atomic mass is 10.0. The van der Waals surface area contributed by atoms with Gasteiger partial charge in [-0.2, -0.15) is 0 Å². The van der Waals surface area contributed by atoms with Crippen molar-refractivity contribution in [2.24, 2.45) is 0 Å². The van der Waals surface area contributed by atoms with Crippen LogP contribution >= 0.6 is 0 Å². The van der Waals surface area contributed by atoms with Crippen molar-refractivity contribution < 1.29 is 14.4 Å². The molecular formula is C24H25N3O3. The van der Waals surface area contributed by atoms with Crippen LogP contribution in [0.4, 0.5) is 10.5 Å². The minimum Gasteiger partial charge on any atom is -0.339 e. The van der Waals surface area contributed by atoms with E-state index in [1.54, 1.807) is 17.0 Å². The Kier molecular flexibility index (Phi) is 5.65. The lowest BCUT2D eigenvalue weighted by Crippen LogP contribution is -2.48. The molecule has 154 valence electrons. The van der Waals surface area contributed by atoms with Crippen LogP contribution in [0.2, 0.25) is 0 Å². The predicted molar refractivity (Wildman–Crippen MR) is 116 cm³/mol. The van der Waals surface area contributed by atoms with Crippen LogP contribution < -0.4 is 4.90 Å². The van der Waals surface area contributed by atoms with Crippen molar-refractivity contribution in [1.82, 2.24) is 9.80 Å². The third-order valence-electron chi connectivity index (χ3n) is 5.72. The molecule has 0 bridgehead atoms. The van der Waals surface area contributed by atoms with E-state index in [2.05, 4.69) is 0 Å². The number of urea groups is 1. The standard InChI is InChI=1S/C24H25N3O3/c1-18(16-19-8-4-2-5-9-19)23(29)25-14-12-20(13-15-25)26-17-22(28)27(24(26)30)21-10-6-3-7-11-21/h2-11,16,20H,12-15,17H2,1H3. The molecule has 2 aliphatic heterocycles. The fourth-order valence-corrected chi connectivity index (χ4v) is 4.13. The summed E-state index contributed by atoms with van der Waals surface area (Å²) in [7, 11) is 0. The van der Waals surface area contributed by atoms with Gasteiger partial charge in [-0.15, -0.1) is 0 Å². The molecule has 2 aromatic carbocycles. The van der Waals surface area contributed by atoms with Gasteiger partial charge in [0.15, 0.2) is 0 Å². The number of amides is 4. The molecule has 2 fully saturated rings. The molecule has 0 atom stereocenters. The van der Waals surface area contributed by atoms with E-state index in [4.69, 9.17) is 0 Å². The van der Waals surface area contributed by atoms with Crippen LogP contribution in [0, 0.1) is 0 Å². The minimum absolute atomic E-state index is 0.0204. The Balaban J connectivity index is 1.38. The average molecular weight is 403 g/mol. The summed E-state index contributed by atoms with van der Waals surface area (Å²) in [4.78, 5) is 42.9. The molecule has 2 heterocycles. The smallest absolute Gasteiger partial charge is 0.332 e. The Morgan fingerprint density at radius 2 is 1.53 bits per heavy atom. The third-order valence-corrected chi connectivity index (χ3v) is 5.72. The summed E-state index contributed by atoms with van der Waals surface area (Å²) in [5.74, 6) is -0.182. The van der Waals surface area contributed by atoms with Gasteiger partial charge in [0, 0.05) is 24.7 Å². The highest BCUT2D eigenvalue weighted by Crippen LogP contribution is 2.26. The van der Waals surface area contributed by atoms with E-state index in [1.165, 1.54) is 4.90 Å². The number of likely N-dealkylation sites (tertiary alicyclic amines) is 1. The van der Waals surface area contributed by atoms with Crippen molar-refractivity contribution >= 4 is 29.6 Å². The predicted octanol–water partition coefficient (Wildman–Crippen LogP) is 3.55. The number of carbonyl (C=O) groups excluding carboxylic acids is 3. The SMILES string of the molecule is CC(=Cc1ccccc1)C(=O)N1CCC(N2CC(=O)N(c3ccccc3)C2=O)CC1. The average Bonchev–Trinajstić information content (AvgIpc) is 3.08. The van der Waals surface area contributed by atoms with Crippen LogP contribution in [0.25, 0.3) is 6.08 Å². The molecule has 6 nitrogen and oxygen atoms in total. The van der Waals surface area contributed by atoms with Gasteiger partial charge in [0.1, 0.15) is 6.54 Å². The fourth-order valence-electron chi connectivity index (χ4n) is 4.13. The molecule has 0 aromatic heterocycles. The number of hydrogen-bond donors (Lipinski definition) is 0. The van der Waals surface area contributed by atoms with Crippen molar-refractivity contribution in [3.8, 4) is 0 Å². The van der Waals surface area contributed by atoms with Crippen LogP contribution in [-0.4, -0.2) is 53.3 Å². The Bertz CT molecular complexity index is 964. The summed E-state index contributed by atoms with van der Waals surface area (Å²) in [6.07, 6.45) is 3.24. The first-order chi connectivity index (χ1) is 14.5. The fraction of sp³-hybridized carbons (Fsp3) is 0.292. The van der Waals surface area contributed by atoms with E-state index < -0.39 is 0 Å². The Morgan fingerprint density at radius 3 is 2.17 bits per heavy atom. The summed E-state index contributed by atoms with van der Waals surface area (Å²) >= 11 is 0. The monoisotopic (exact) mass is 403 g/mol. The summed E-state index contributed by atoms with van der Waals surface area (Å²) in [5, 5.41) is 0. The van der Waals surface area contributed by atoms with Gasteiger partial charge in [0.2, 0.25) is 5.91 Å². The lowest BCUT2D eigenvalue weighted by molar-refractivity contribution is -0.128. The van der Waals surface area contributed by atoms with Crippen molar-refractivity contribution in [3.05, 3.63) is 71.8 Å². The van der Waals surface area contributed by atoms with Gasteiger partial charge in [-0.25, -0.2) is 9.69 Å². The molecule has 0 N–H and O–H groups in total. The van der Waals surface area contributed by atoms with E-state index in [0.717, 1.165) is 5.56 Å². The molecule has 2 saturated heterocycles. The molecule has 2 aliphatic rings. The van der Waals surface area contributed by atoms with Crippen molar-refractivity contribution in [2.45, 2.75) is 25.8 Å². The highest BCUT2D eigenvalue weighted by molar-refractivity contribution is 6.19. The van der Waals surface area contributed by atoms with E-state index >= 15 is 0 Å². The molecule has 0 saturated carbocycles. The summed E-state index contributed by atoms with van der Waals surface area (Å²) in [6, 6.07) is 18.5. The highest BCUT2D eigenvalue weighted by Gasteiger charge is 2.41. The van der Waals surface area contributed by atoms with Crippen LogP contribution in [0.15, 0.2) is 66.2 Å². The zero-order valence-electron chi connectivity index (χ0n) is 17.0. The van der Waals surface area contributed by atoms with Gasteiger partial charge in [0.05, 0.1) is 5.69 Å². The number of imide groups is 1. The van der Waals surface area contributed by atoms with Gasteiger partial charge < -0.3 is 9.80 Å². The number of para-hydroxylation sites is 1. The van der Waals surface area contributed by atoms with Crippen LogP contribution in [0.3, 0.4) is 0 Å². The van der Waals surface area contributed by atoms with Crippen molar-refractivity contribution in [3.63, 3.8) is 0 Å². The lowest BCUT2D eigenvalue weighted by Gasteiger charge is -2.36. The van der Waals surface area contributed by atoms with E-state index in [9.17, 15) is 14.4 Å². The molecular weight excluding hydrogens is 378 g/mol. The van der Waals surface area contributed by atoms with Crippen LogP contribution in [0.1, 0.15) is 25.3 Å². The van der Waals surface area contributed by atoms with Crippen LogP contribution in [0.5, 0.6) is 0 Å². The van der Waals surface area contributed by atoms with Gasteiger partial charge in [-0.1, -0.05) is 48.5 Å². The topological polar surface area (TPSA) is 60.9 Å². The molecule has 0 aliphatic carbocycles. The molecule has 4 amide bonds. The molecule has 4 rings (SSSR count). The van der Waals surface area contributed by atoms with Crippen LogP contribution in [-0.2, 0) is 9.59 Å². The molecule has 6 heteroatoms. The normalized spacial score (nSPS) is 18.3. The van der Waals surface area contributed by atoms with Gasteiger partial charge in [0.25, 0.3) is 5.91 Å². The summed E-state index contributed by atoms with van der Waals surface area (Å²) in [5.41, 5.74) is 2.30. The van der Waals surface area contributed by atoms with Crippen molar-refractivity contribution in [2.75, 3.05) is 24.5 Å². The van der Waals surface area contributed by atoms with E-state index in [1.807, 2.05) is 66.4 Å². The van der Waals surface area contributed by atoms with E-state index in [-0.39, 0.29) is 30.4 Å². The zero-order valence-corrected chi connectivity index (χ0v) is 17.0. The van der Waals surface area contributed by atoms with Gasteiger partial charge in [-0.3, -0.25) is 9.59 Å².